The van der Waals surface area contributed by atoms with Gasteiger partial charge in [0.05, 0.1) is 43.5 Å². The summed E-state index contributed by atoms with van der Waals surface area (Å²) in [6.45, 7) is 5.22. The van der Waals surface area contributed by atoms with Crippen LogP contribution in [0.4, 0.5) is 0 Å². The Labute approximate surface area is 205 Å². The average molecular weight is 471 g/mol. The smallest absolute Gasteiger partial charge is 0.306 e. The normalized spacial score (nSPS) is 14.5. The summed E-state index contributed by atoms with van der Waals surface area (Å²) in [7, 11) is 1.42. The number of esters is 1. The summed E-state index contributed by atoms with van der Waals surface area (Å²) in [6.07, 6.45) is 2.15. The number of aryl methyl sites for hydroxylation is 2. The second kappa shape index (κ2) is 9.82. The van der Waals surface area contributed by atoms with Crippen LogP contribution in [0, 0.1) is 6.92 Å². The largest absolute Gasteiger partial charge is 0.493 e. The van der Waals surface area contributed by atoms with Crippen LogP contribution < -0.4 is 9.47 Å². The number of ether oxygens (including phenoxy) is 3. The molecule has 1 atom stereocenters. The van der Waals surface area contributed by atoms with Gasteiger partial charge >= 0.3 is 12.0 Å². The van der Waals surface area contributed by atoms with Crippen molar-refractivity contribution in [3.05, 3.63) is 82.9 Å². The number of fused-ring (bicyclic) bond motifs is 2. The molecule has 0 saturated heterocycles. The van der Waals surface area contributed by atoms with Crippen molar-refractivity contribution in [3.8, 4) is 17.4 Å². The van der Waals surface area contributed by atoms with E-state index in [9.17, 15) is 4.79 Å². The quantitative estimate of drug-likeness (QED) is 0.316. The number of carbonyl (C=O) groups excluding carboxylic acids is 1. The minimum absolute atomic E-state index is 0.0648. The van der Waals surface area contributed by atoms with Gasteiger partial charge in [0, 0.05) is 11.5 Å². The van der Waals surface area contributed by atoms with Crippen LogP contribution in [0.2, 0.25) is 0 Å². The fourth-order valence-corrected chi connectivity index (χ4v) is 4.85. The van der Waals surface area contributed by atoms with Crippen molar-refractivity contribution in [2.75, 3.05) is 20.3 Å². The van der Waals surface area contributed by atoms with E-state index in [4.69, 9.17) is 19.2 Å². The Morgan fingerprint density at radius 1 is 1.11 bits per heavy atom. The number of nitrogens with zero attached hydrogens (tertiary/aromatic N) is 2. The van der Waals surface area contributed by atoms with Gasteiger partial charge in [-0.2, -0.15) is 4.98 Å². The highest BCUT2D eigenvalue weighted by Gasteiger charge is 2.27. The molecule has 0 amide bonds. The van der Waals surface area contributed by atoms with Crippen molar-refractivity contribution < 1.29 is 19.0 Å². The number of hydrogen-bond acceptors (Lipinski definition) is 5. The number of para-hydroxylation sites is 2. The molecule has 0 saturated carbocycles. The Morgan fingerprint density at radius 2 is 1.97 bits per heavy atom. The van der Waals surface area contributed by atoms with E-state index in [1.54, 1.807) is 0 Å². The number of methoxy groups -OCH3 is 1. The Balaban J connectivity index is 1.38. The second-order valence-electron chi connectivity index (χ2n) is 8.87. The molecule has 0 radical (unpaired) electrons. The van der Waals surface area contributed by atoms with Gasteiger partial charge in [0.2, 0.25) is 0 Å². The third-order valence-electron chi connectivity index (χ3n) is 6.74. The third kappa shape index (κ3) is 4.48. The number of aromatic nitrogens is 2. The Hall–Kier alpha value is -3.80. The van der Waals surface area contributed by atoms with Crippen LogP contribution in [0.1, 0.15) is 41.5 Å². The molecule has 0 aliphatic carbocycles. The molecule has 1 aliphatic rings. The maximum atomic E-state index is 11.7. The zero-order valence-corrected chi connectivity index (χ0v) is 20.4. The lowest BCUT2D eigenvalue weighted by molar-refractivity contribution is -0.141. The Morgan fingerprint density at radius 3 is 2.80 bits per heavy atom. The summed E-state index contributed by atoms with van der Waals surface area (Å²) in [5.74, 6) is 0.743. The number of carbonyl (C=O) groups is 1. The first kappa shape index (κ1) is 23.0. The van der Waals surface area contributed by atoms with Gasteiger partial charge in [-0.1, -0.05) is 36.4 Å². The number of rotatable bonds is 8. The maximum Gasteiger partial charge on any atom is 0.306 e. The molecule has 6 nitrogen and oxygen atoms in total. The van der Waals surface area contributed by atoms with E-state index in [1.807, 2.05) is 25.1 Å². The molecule has 1 aromatic heterocycles. The van der Waals surface area contributed by atoms with Crippen LogP contribution in [-0.2, 0) is 22.4 Å². The summed E-state index contributed by atoms with van der Waals surface area (Å²) in [5, 5.41) is 0. The first-order chi connectivity index (χ1) is 17.1. The molecular weight excluding hydrogens is 440 g/mol. The number of hydrogen-bond donors (Lipinski definition) is 0. The van der Waals surface area contributed by atoms with Gasteiger partial charge in [0.15, 0.2) is 0 Å². The van der Waals surface area contributed by atoms with E-state index in [-0.39, 0.29) is 11.9 Å². The van der Waals surface area contributed by atoms with Crippen molar-refractivity contribution in [3.63, 3.8) is 0 Å². The van der Waals surface area contributed by atoms with Crippen molar-refractivity contribution in [2.45, 2.75) is 39.0 Å². The molecule has 180 valence electrons. The van der Waals surface area contributed by atoms with E-state index in [2.05, 4.69) is 54.0 Å². The molecule has 4 aromatic rings. The highest BCUT2D eigenvalue weighted by Crippen LogP contribution is 2.37. The van der Waals surface area contributed by atoms with Crippen LogP contribution >= 0.6 is 0 Å². The van der Waals surface area contributed by atoms with Crippen molar-refractivity contribution >= 4 is 17.0 Å². The fraction of sp³-hybridized carbons (Fsp3) is 0.310. The molecule has 6 heteroatoms. The minimum atomic E-state index is -0.205. The van der Waals surface area contributed by atoms with E-state index >= 15 is 0 Å². The molecule has 35 heavy (non-hydrogen) atoms. The van der Waals surface area contributed by atoms with Gasteiger partial charge < -0.3 is 14.2 Å². The lowest BCUT2D eigenvalue weighted by Crippen LogP contribution is -2.09. The average Bonchev–Trinajstić information content (AvgIpc) is 3.44. The Bertz CT molecular complexity index is 1370. The maximum absolute atomic E-state index is 11.7. The van der Waals surface area contributed by atoms with Crippen LogP contribution in [0.5, 0.6) is 11.8 Å². The predicted molar refractivity (Wildman–Crippen MR) is 136 cm³/mol. The molecule has 0 N–H and O–H groups in total. The van der Waals surface area contributed by atoms with Crippen LogP contribution in [0.25, 0.3) is 16.7 Å². The lowest BCUT2D eigenvalue weighted by Gasteiger charge is -2.15. The molecule has 0 fully saturated rings. The lowest BCUT2D eigenvalue weighted by atomic mass is 9.94. The number of imidazole rings is 1. The topological polar surface area (TPSA) is 62.6 Å². The summed E-state index contributed by atoms with van der Waals surface area (Å²) in [6, 6.07) is 21.5. The van der Waals surface area contributed by atoms with Gasteiger partial charge in [-0.05, 0) is 67.6 Å². The van der Waals surface area contributed by atoms with Gasteiger partial charge in [0.25, 0.3) is 0 Å². The molecule has 1 aliphatic heterocycles. The molecular formula is C29H30N2O4. The molecule has 2 heterocycles. The fourth-order valence-electron chi connectivity index (χ4n) is 4.85. The minimum Gasteiger partial charge on any atom is -0.493 e. The van der Waals surface area contributed by atoms with Gasteiger partial charge in [0.1, 0.15) is 5.75 Å². The third-order valence-corrected chi connectivity index (χ3v) is 6.74. The molecule has 0 bridgehead atoms. The van der Waals surface area contributed by atoms with E-state index in [0.29, 0.717) is 25.6 Å². The van der Waals surface area contributed by atoms with Crippen LogP contribution in [0.15, 0.2) is 60.7 Å². The van der Waals surface area contributed by atoms with Crippen molar-refractivity contribution in [1.29, 1.82) is 0 Å². The summed E-state index contributed by atoms with van der Waals surface area (Å²) in [5.41, 5.74) is 7.85. The molecule has 0 unspecified atom stereocenters. The van der Waals surface area contributed by atoms with Crippen LogP contribution in [-0.4, -0.2) is 35.8 Å². The van der Waals surface area contributed by atoms with Crippen LogP contribution in [0.3, 0.4) is 0 Å². The molecule has 3 aromatic carbocycles. The van der Waals surface area contributed by atoms with Gasteiger partial charge in [-0.3, -0.25) is 9.36 Å². The molecule has 5 rings (SSSR count). The highest BCUT2D eigenvalue weighted by molar-refractivity contribution is 5.79. The summed E-state index contributed by atoms with van der Waals surface area (Å²) in [4.78, 5) is 16.4. The summed E-state index contributed by atoms with van der Waals surface area (Å²) < 4.78 is 18.7. The summed E-state index contributed by atoms with van der Waals surface area (Å²) >= 11 is 0. The molecule has 0 spiro atoms. The number of benzene rings is 3. The SMILES string of the molecule is CCOc1nc2ccccc2n1-c1cccc(CCc2ccc3c(c2)OC[C@H]3CC(=O)OC)c1C. The van der Waals surface area contributed by atoms with E-state index < -0.39 is 0 Å². The van der Waals surface area contributed by atoms with Crippen molar-refractivity contribution in [1.82, 2.24) is 9.55 Å². The second-order valence-corrected chi connectivity index (χ2v) is 8.87. The van der Waals surface area contributed by atoms with Gasteiger partial charge in [-0.15, -0.1) is 0 Å². The van der Waals surface area contributed by atoms with Gasteiger partial charge in [-0.25, -0.2) is 0 Å². The van der Waals surface area contributed by atoms with E-state index in [1.165, 1.54) is 23.8 Å². The highest BCUT2D eigenvalue weighted by atomic mass is 16.5. The van der Waals surface area contributed by atoms with Crippen molar-refractivity contribution in [2.24, 2.45) is 0 Å². The first-order valence-corrected chi connectivity index (χ1v) is 12.1. The zero-order valence-electron chi connectivity index (χ0n) is 20.4. The Kier molecular flexibility index (Phi) is 6.45. The van der Waals surface area contributed by atoms with E-state index in [0.717, 1.165) is 40.9 Å². The predicted octanol–water partition coefficient (Wildman–Crippen LogP) is 5.56. The first-order valence-electron chi connectivity index (χ1n) is 12.1. The monoisotopic (exact) mass is 470 g/mol. The zero-order chi connectivity index (χ0) is 24.4. The standard InChI is InChI=1S/C29H30N2O4/c1-4-34-29-30-24-9-5-6-10-26(24)31(29)25-11-7-8-21(19(25)2)14-12-20-13-15-23-22(17-28(32)33-3)18-35-27(23)16-20/h5-11,13,15-16,22H,4,12,14,17-18H2,1-3H3/t22-/m1/s1.